The Kier molecular flexibility index (Phi) is 5.40. The first-order chi connectivity index (χ1) is 12.2. The van der Waals surface area contributed by atoms with Gasteiger partial charge in [0.25, 0.3) is 0 Å². The van der Waals surface area contributed by atoms with E-state index in [9.17, 15) is 24.3 Å². The zero-order valence-electron chi connectivity index (χ0n) is 14.7. The first-order valence-corrected chi connectivity index (χ1v) is 7.86. The summed E-state index contributed by atoms with van der Waals surface area (Å²) in [6.07, 6.45) is -0.821. The van der Waals surface area contributed by atoms with Crippen molar-refractivity contribution in [1.82, 2.24) is 0 Å². The van der Waals surface area contributed by atoms with Crippen molar-refractivity contribution in [3.8, 4) is 5.75 Å². The monoisotopic (exact) mass is 358 g/mol. The van der Waals surface area contributed by atoms with Gasteiger partial charge >= 0.3 is 11.6 Å². The molecule has 0 fully saturated rings. The third kappa shape index (κ3) is 3.56. The van der Waals surface area contributed by atoms with E-state index in [1.165, 1.54) is 13.0 Å². The largest absolute Gasteiger partial charge is 0.506 e. The molecule has 2 rings (SSSR count). The van der Waals surface area contributed by atoms with Crippen molar-refractivity contribution in [3.63, 3.8) is 0 Å². The summed E-state index contributed by atoms with van der Waals surface area (Å²) < 4.78 is 9.67. The lowest BCUT2D eigenvalue weighted by Gasteiger charge is -2.13. The zero-order chi connectivity index (χ0) is 19.6. The Morgan fingerprint density at radius 3 is 2.50 bits per heavy atom. The molecule has 0 spiro atoms. The maximum atomic E-state index is 12.6. The Balaban J connectivity index is 2.67. The lowest BCUT2D eigenvalue weighted by molar-refractivity contribution is -0.153. The summed E-state index contributed by atoms with van der Waals surface area (Å²) >= 11 is 0. The number of ether oxygens (including phenoxy) is 1. The molecule has 0 bridgehead atoms. The van der Waals surface area contributed by atoms with Crippen LogP contribution in [0.1, 0.15) is 41.8 Å². The van der Waals surface area contributed by atoms with Crippen molar-refractivity contribution in [3.05, 3.63) is 45.8 Å². The van der Waals surface area contributed by atoms with Crippen LogP contribution >= 0.6 is 0 Å². The molecule has 1 heterocycles. The van der Waals surface area contributed by atoms with Crippen LogP contribution in [0.3, 0.4) is 0 Å². The molecule has 136 valence electrons. The third-order valence-corrected chi connectivity index (χ3v) is 3.78. The molecule has 0 aliphatic heterocycles. The van der Waals surface area contributed by atoms with Crippen LogP contribution in [0.5, 0.6) is 5.75 Å². The summed E-state index contributed by atoms with van der Waals surface area (Å²) in [6.45, 7) is 8.55. The van der Waals surface area contributed by atoms with Crippen molar-refractivity contribution < 1.29 is 28.6 Å². The van der Waals surface area contributed by atoms with E-state index in [0.29, 0.717) is 16.5 Å². The second-order valence-corrected chi connectivity index (χ2v) is 5.80. The number of esters is 1. The van der Waals surface area contributed by atoms with Crippen molar-refractivity contribution in [2.24, 2.45) is 0 Å². The van der Waals surface area contributed by atoms with Gasteiger partial charge in [-0.2, -0.15) is 0 Å². The van der Waals surface area contributed by atoms with Crippen LogP contribution in [-0.4, -0.2) is 29.2 Å². The van der Waals surface area contributed by atoms with Crippen LogP contribution in [0.25, 0.3) is 16.5 Å². The van der Waals surface area contributed by atoms with Gasteiger partial charge in [0.2, 0.25) is 5.78 Å². The first-order valence-electron chi connectivity index (χ1n) is 7.86. The van der Waals surface area contributed by atoms with Crippen LogP contribution in [0, 0.1) is 6.92 Å². The number of phenolic OH excluding ortho intramolecular Hbond substituents is 1. The standard InChI is InChI=1S/C19H18O7/c1-5-25-19(24)14(21)8-13(20)16-17(23)11(9(2)3)7-12-10(4)6-15(22)26-18(12)16/h6-7,23H,2,5,8H2,1,3-4H3. The number of carbonyl (C=O) groups is 3. The summed E-state index contributed by atoms with van der Waals surface area (Å²) in [4.78, 5) is 47.6. The van der Waals surface area contributed by atoms with Crippen molar-refractivity contribution in [2.45, 2.75) is 27.2 Å². The topological polar surface area (TPSA) is 111 Å². The fraction of sp³-hybridized carbons (Fsp3) is 0.263. The predicted molar refractivity (Wildman–Crippen MR) is 94.2 cm³/mol. The van der Waals surface area contributed by atoms with E-state index in [2.05, 4.69) is 11.3 Å². The molecule has 0 saturated heterocycles. The van der Waals surface area contributed by atoms with Gasteiger partial charge in [-0.1, -0.05) is 6.58 Å². The highest BCUT2D eigenvalue weighted by atomic mass is 16.5. The number of hydrogen-bond donors (Lipinski definition) is 1. The molecule has 0 aliphatic rings. The number of aromatic hydroxyl groups is 1. The van der Waals surface area contributed by atoms with Gasteiger partial charge in [-0.15, -0.1) is 0 Å². The van der Waals surface area contributed by atoms with E-state index < -0.39 is 35.3 Å². The van der Waals surface area contributed by atoms with Crippen LogP contribution in [0.4, 0.5) is 0 Å². The Morgan fingerprint density at radius 2 is 1.92 bits per heavy atom. The third-order valence-electron chi connectivity index (χ3n) is 3.78. The van der Waals surface area contributed by atoms with Gasteiger partial charge in [0, 0.05) is 17.0 Å². The maximum absolute atomic E-state index is 12.6. The summed E-state index contributed by atoms with van der Waals surface area (Å²) in [5.41, 5.74) is 0.105. The molecule has 7 heteroatoms. The number of fused-ring (bicyclic) bond motifs is 1. The van der Waals surface area contributed by atoms with Crippen LogP contribution in [0.2, 0.25) is 0 Å². The number of ketones is 2. The van der Waals surface area contributed by atoms with Gasteiger partial charge in [0.05, 0.1) is 13.0 Å². The van der Waals surface area contributed by atoms with Crippen molar-refractivity contribution in [1.29, 1.82) is 0 Å². The number of rotatable bonds is 6. The molecular formula is C19H18O7. The molecule has 1 aromatic heterocycles. The fourth-order valence-corrected chi connectivity index (χ4v) is 2.54. The van der Waals surface area contributed by atoms with E-state index >= 15 is 0 Å². The van der Waals surface area contributed by atoms with Crippen molar-refractivity contribution >= 4 is 34.1 Å². The average Bonchev–Trinajstić information content (AvgIpc) is 2.53. The number of aryl methyl sites for hydroxylation is 1. The number of phenols is 1. The summed E-state index contributed by atoms with van der Waals surface area (Å²) in [6, 6.07) is 2.80. The number of hydrogen-bond acceptors (Lipinski definition) is 7. The molecule has 1 N–H and O–H groups in total. The van der Waals surface area contributed by atoms with Gasteiger partial charge in [-0.05, 0) is 38.0 Å². The quantitative estimate of drug-likeness (QED) is 0.278. The second kappa shape index (κ2) is 7.35. The number of Topliss-reactive ketones (excluding diaryl/α,β-unsaturated/α-hetero) is 2. The fourth-order valence-electron chi connectivity index (χ4n) is 2.54. The van der Waals surface area contributed by atoms with Crippen LogP contribution in [-0.2, 0) is 14.3 Å². The molecule has 0 amide bonds. The van der Waals surface area contributed by atoms with Gasteiger partial charge in [-0.3, -0.25) is 9.59 Å². The minimum atomic E-state index is -1.14. The molecule has 0 unspecified atom stereocenters. The van der Waals surface area contributed by atoms with Gasteiger partial charge < -0.3 is 14.3 Å². The molecule has 0 aliphatic carbocycles. The summed E-state index contributed by atoms with van der Waals surface area (Å²) in [5, 5.41) is 10.9. The van der Waals surface area contributed by atoms with E-state index in [0.717, 1.165) is 0 Å². The number of benzene rings is 1. The Morgan fingerprint density at radius 1 is 1.27 bits per heavy atom. The summed E-state index contributed by atoms with van der Waals surface area (Å²) in [5.74, 6) is -3.51. The first kappa shape index (κ1) is 19.1. The molecular weight excluding hydrogens is 340 g/mol. The minimum Gasteiger partial charge on any atom is -0.506 e. The van der Waals surface area contributed by atoms with Crippen molar-refractivity contribution in [2.75, 3.05) is 6.61 Å². The summed E-state index contributed by atoms with van der Waals surface area (Å²) in [7, 11) is 0. The van der Waals surface area contributed by atoms with E-state index in [1.807, 2.05) is 0 Å². The highest BCUT2D eigenvalue weighted by Gasteiger charge is 2.27. The maximum Gasteiger partial charge on any atom is 0.375 e. The molecule has 0 atom stereocenters. The lowest BCUT2D eigenvalue weighted by atomic mass is 9.94. The second-order valence-electron chi connectivity index (χ2n) is 5.80. The lowest BCUT2D eigenvalue weighted by Crippen LogP contribution is -2.21. The molecule has 0 saturated carbocycles. The molecule has 1 aromatic carbocycles. The SMILES string of the molecule is C=C(C)c1cc2c(C)cc(=O)oc2c(C(=O)CC(=O)C(=O)OCC)c1O. The van der Waals surface area contributed by atoms with Crippen LogP contribution in [0.15, 0.2) is 27.9 Å². The van der Waals surface area contributed by atoms with E-state index in [4.69, 9.17) is 4.42 Å². The smallest absolute Gasteiger partial charge is 0.375 e. The number of allylic oxidation sites excluding steroid dienone is 1. The van der Waals surface area contributed by atoms with Gasteiger partial charge in [-0.25, -0.2) is 9.59 Å². The molecule has 2 aromatic rings. The average molecular weight is 358 g/mol. The Labute approximate surface area is 148 Å². The van der Waals surface area contributed by atoms with E-state index in [1.54, 1.807) is 19.9 Å². The van der Waals surface area contributed by atoms with Gasteiger partial charge in [0.15, 0.2) is 11.4 Å². The molecule has 7 nitrogen and oxygen atoms in total. The zero-order valence-corrected chi connectivity index (χ0v) is 14.7. The van der Waals surface area contributed by atoms with Gasteiger partial charge in [0.1, 0.15) is 11.3 Å². The predicted octanol–water partition coefficient (Wildman–Crippen LogP) is 2.55. The van der Waals surface area contributed by atoms with Crippen LogP contribution < -0.4 is 5.63 Å². The molecule has 0 radical (unpaired) electrons. The molecule has 26 heavy (non-hydrogen) atoms. The number of carbonyl (C=O) groups excluding carboxylic acids is 3. The normalized spacial score (nSPS) is 10.6. The minimum absolute atomic E-state index is 0.00778. The highest BCUT2D eigenvalue weighted by molar-refractivity contribution is 6.38. The highest BCUT2D eigenvalue weighted by Crippen LogP contribution is 2.36. The Hall–Kier alpha value is -3.22. The van der Waals surface area contributed by atoms with E-state index in [-0.39, 0.29) is 23.3 Å². The Bertz CT molecular complexity index is 995.